The molecule has 0 N–H and O–H groups in total. The standard InChI is InChI=1S/C21H25N3O2S/c1-23-11-10-16(13-19(23)25)20(26)24(2)21-22-17-9-8-15(12-18(17)27-21)14-6-4-3-5-7-14/h3-7,15-16H,8-13H2,1-2H3. The highest BCUT2D eigenvalue weighted by Gasteiger charge is 2.32. The number of rotatable bonds is 3. The Balaban J connectivity index is 1.47. The van der Waals surface area contributed by atoms with E-state index in [4.69, 9.17) is 4.98 Å². The summed E-state index contributed by atoms with van der Waals surface area (Å²) in [4.78, 5) is 34.2. The molecule has 4 rings (SSSR count). The maximum atomic E-state index is 12.9. The maximum absolute atomic E-state index is 12.9. The van der Waals surface area contributed by atoms with Crippen molar-refractivity contribution in [1.82, 2.24) is 9.88 Å². The van der Waals surface area contributed by atoms with Crippen LogP contribution in [0.15, 0.2) is 30.3 Å². The van der Waals surface area contributed by atoms with Gasteiger partial charge in [-0.1, -0.05) is 30.3 Å². The molecule has 2 aliphatic rings. The lowest BCUT2D eigenvalue weighted by molar-refractivity contribution is -0.138. The minimum absolute atomic E-state index is 0.0159. The predicted molar refractivity (Wildman–Crippen MR) is 107 cm³/mol. The normalized spacial score (nSPS) is 22.4. The molecule has 1 aromatic heterocycles. The number of aryl methyl sites for hydroxylation is 1. The van der Waals surface area contributed by atoms with Crippen molar-refractivity contribution in [1.29, 1.82) is 0 Å². The average Bonchev–Trinajstić information content (AvgIpc) is 3.13. The highest BCUT2D eigenvalue weighted by molar-refractivity contribution is 7.16. The zero-order valence-electron chi connectivity index (χ0n) is 15.9. The fourth-order valence-corrected chi connectivity index (χ4v) is 5.19. The number of anilines is 1. The molecule has 0 bridgehead atoms. The molecule has 2 aromatic rings. The molecule has 2 unspecified atom stereocenters. The number of piperidine rings is 1. The Bertz CT molecular complexity index is 848. The molecular formula is C21H25N3O2S. The van der Waals surface area contributed by atoms with Crippen LogP contribution < -0.4 is 4.90 Å². The van der Waals surface area contributed by atoms with Crippen LogP contribution in [0.25, 0.3) is 0 Å². The molecule has 0 saturated carbocycles. The van der Waals surface area contributed by atoms with Crippen LogP contribution in [0.1, 0.15) is 41.3 Å². The summed E-state index contributed by atoms with van der Waals surface area (Å²) in [6.45, 7) is 0.649. The van der Waals surface area contributed by atoms with Crippen LogP contribution in [0.2, 0.25) is 0 Å². The number of thiazole rings is 1. The fourth-order valence-electron chi connectivity index (χ4n) is 4.04. The predicted octanol–water partition coefficient (Wildman–Crippen LogP) is 3.25. The lowest BCUT2D eigenvalue weighted by atomic mass is 9.85. The lowest BCUT2D eigenvalue weighted by Gasteiger charge is -2.29. The number of hydrogen-bond acceptors (Lipinski definition) is 4. The number of hydrogen-bond donors (Lipinski definition) is 0. The van der Waals surface area contributed by atoms with Gasteiger partial charge < -0.3 is 4.90 Å². The summed E-state index contributed by atoms with van der Waals surface area (Å²) < 4.78 is 0. The molecule has 142 valence electrons. The molecular weight excluding hydrogens is 358 g/mol. The van der Waals surface area contributed by atoms with Crippen molar-refractivity contribution in [2.75, 3.05) is 25.5 Å². The molecule has 2 heterocycles. The van der Waals surface area contributed by atoms with Crippen LogP contribution in [-0.4, -0.2) is 42.3 Å². The van der Waals surface area contributed by atoms with E-state index in [1.54, 1.807) is 35.2 Å². The third kappa shape index (κ3) is 3.63. The van der Waals surface area contributed by atoms with Crippen molar-refractivity contribution in [3.05, 3.63) is 46.5 Å². The molecule has 0 radical (unpaired) electrons. The van der Waals surface area contributed by atoms with Gasteiger partial charge in [-0.15, -0.1) is 11.3 Å². The van der Waals surface area contributed by atoms with Gasteiger partial charge in [-0.3, -0.25) is 14.5 Å². The number of amides is 2. The minimum atomic E-state index is -0.225. The van der Waals surface area contributed by atoms with Gasteiger partial charge >= 0.3 is 0 Å². The molecule has 6 heteroatoms. The largest absolute Gasteiger partial charge is 0.346 e. The van der Waals surface area contributed by atoms with Crippen LogP contribution >= 0.6 is 11.3 Å². The minimum Gasteiger partial charge on any atom is -0.346 e. The average molecular weight is 384 g/mol. The van der Waals surface area contributed by atoms with E-state index < -0.39 is 0 Å². The van der Waals surface area contributed by atoms with Crippen molar-refractivity contribution < 1.29 is 9.59 Å². The number of carbonyl (C=O) groups excluding carboxylic acids is 2. The van der Waals surface area contributed by atoms with Crippen LogP contribution in [0.4, 0.5) is 5.13 Å². The quantitative estimate of drug-likeness (QED) is 0.818. The Morgan fingerprint density at radius 1 is 1.22 bits per heavy atom. The third-order valence-corrected chi connectivity index (χ3v) is 7.02. The summed E-state index contributed by atoms with van der Waals surface area (Å²) in [5.41, 5.74) is 2.52. The van der Waals surface area contributed by atoms with E-state index >= 15 is 0 Å². The molecule has 0 spiro atoms. The Hall–Kier alpha value is -2.21. The van der Waals surface area contributed by atoms with E-state index in [9.17, 15) is 9.59 Å². The van der Waals surface area contributed by atoms with Crippen LogP contribution in [0.5, 0.6) is 0 Å². The van der Waals surface area contributed by atoms with E-state index in [0.717, 1.165) is 36.5 Å². The molecule has 1 fully saturated rings. The second-order valence-corrected chi connectivity index (χ2v) is 8.68. The number of carbonyl (C=O) groups is 2. The van der Waals surface area contributed by atoms with Crippen molar-refractivity contribution in [3.8, 4) is 0 Å². The van der Waals surface area contributed by atoms with E-state index in [1.165, 1.54) is 10.4 Å². The summed E-state index contributed by atoms with van der Waals surface area (Å²) in [7, 11) is 3.59. The lowest BCUT2D eigenvalue weighted by Crippen LogP contribution is -2.42. The number of likely N-dealkylation sites (tertiary alicyclic amines) is 1. The summed E-state index contributed by atoms with van der Waals surface area (Å²) in [5, 5.41) is 0.769. The van der Waals surface area contributed by atoms with Gasteiger partial charge in [0.15, 0.2) is 5.13 Å². The molecule has 2 atom stereocenters. The summed E-state index contributed by atoms with van der Waals surface area (Å²) in [5.74, 6) is 0.371. The maximum Gasteiger partial charge on any atom is 0.232 e. The summed E-state index contributed by atoms with van der Waals surface area (Å²) in [6, 6.07) is 10.6. The van der Waals surface area contributed by atoms with E-state index in [1.807, 2.05) is 0 Å². The highest BCUT2D eigenvalue weighted by Crippen LogP contribution is 2.38. The van der Waals surface area contributed by atoms with Gasteiger partial charge in [-0.05, 0) is 37.2 Å². The SMILES string of the molecule is CN1CCC(C(=O)N(C)c2nc3c(s2)CC(c2ccccc2)CC3)CC1=O. The van der Waals surface area contributed by atoms with E-state index in [-0.39, 0.29) is 17.7 Å². The molecule has 2 amide bonds. The van der Waals surface area contributed by atoms with Crippen LogP contribution in [0.3, 0.4) is 0 Å². The topological polar surface area (TPSA) is 53.5 Å². The number of fused-ring (bicyclic) bond motifs is 1. The second-order valence-electron chi connectivity index (χ2n) is 7.62. The zero-order valence-corrected chi connectivity index (χ0v) is 16.7. The van der Waals surface area contributed by atoms with Gasteiger partial charge in [0.25, 0.3) is 0 Å². The monoisotopic (exact) mass is 383 g/mol. The summed E-state index contributed by atoms with van der Waals surface area (Å²) in [6.07, 6.45) is 4.08. The Morgan fingerprint density at radius 3 is 2.74 bits per heavy atom. The Morgan fingerprint density at radius 2 is 2.00 bits per heavy atom. The first-order chi connectivity index (χ1) is 13.0. The van der Waals surface area contributed by atoms with Crippen LogP contribution in [-0.2, 0) is 22.4 Å². The summed E-state index contributed by atoms with van der Waals surface area (Å²) >= 11 is 1.63. The highest BCUT2D eigenvalue weighted by atomic mass is 32.1. The zero-order chi connectivity index (χ0) is 19.0. The molecule has 5 nitrogen and oxygen atoms in total. The van der Waals surface area contributed by atoms with Gasteiger partial charge in [0.1, 0.15) is 0 Å². The van der Waals surface area contributed by atoms with Gasteiger partial charge in [0, 0.05) is 37.9 Å². The second kappa shape index (κ2) is 7.43. The molecule has 1 aliphatic carbocycles. The van der Waals surface area contributed by atoms with Crippen molar-refractivity contribution in [2.24, 2.45) is 5.92 Å². The number of nitrogens with zero attached hydrogens (tertiary/aromatic N) is 3. The number of aromatic nitrogens is 1. The molecule has 1 saturated heterocycles. The van der Waals surface area contributed by atoms with Crippen molar-refractivity contribution in [2.45, 2.75) is 38.0 Å². The first-order valence-electron chi connectivity index (χ1n) is 9.58. The molecule has 27 heavy (non-hydrogen) atoms. The fraction of sp³-hybridized carbons (Fsp3) is 0.476. The third-order valence-electron chi connectivity index (χ3n) is 5.83. The van der Waals surface area contributed by atoms with Crippen LogP contribution in [0, 0.1) is 5.92 Å². The first kappa shape index (κ1) is 18.2. The van der Waals surface area contributed by atoms with E-state index in [0.29, 0.717) is 18.9 Å². The Kier molecular flexibility index (Phi) is 5.00. The molecule has 1 aromatic carbocycles. The van der Waals surface area contributed by atoms with Crippen molar-refractivity contribution >= 4 is 28.3 Å². The Labute approximate surface area is 164 Å². The van der Waals surface area contributed by atoms with E-state index in [2.05, 4.69) is 30.3 Å². The van der Waals surface area contributed by atoms with Crippen molar-refractivity contribution in [3.63, 3.8) is 0 Å². The molecule has 1 aliphatic heterocycles. The van der Waals surface area contributed by atoms with Gasteiger partial charge in [-0.25, -0.2) is 4.98 Å². The number of benzene rings is 1. The first-order valence-corrected chi connectivity index (χ1v) is 10.4. The van der Waals surface area contributed by atoms with Gasteiger partial charge in [0.2, 0.25) is 11.8 Å². The smallest absolute Gasteiger partial charge is 0.232 e. The van der Waals surface area contributed by atoms with Gasteiger partial charge in [0.05, 0.1) is 5.69 Å². The van der Waals surface area contributed by atoms with Gasteiger partial charge in [-0.2, -0.15) is 0 Å².